The SMILES string of the molecule is CCc1cccc(OCCN2CCCC(c3ccn[nH]3)C2)c1. The van der Waals surface area contributed by atoms with E-state index in [2.05, 4.69) is 46.3 Å². The number of aromatic amines is 1. The molecule has 0 amide bonds. The van der Waals surface area contributed by atoms with Gasteiger partial charge in [-0.1, -0.05) is 19.1 Å². The third-order valence-corrected chi connectivity index (χ3v) is 4.45. The van der Waals surface area contributed by atoms with Gasteiger partial charge in [-0.2, -0.15) is 5.10 Å². The maximum atomic E-state index is 5.92. The van der Waals surface area contributed by atoms with Crippen molar-refractivity contribution >= 4 is 0 Å². The molecule has 0 bridgehead atoms. The van der Waals surface area contributed by atoms with Crippen LogP contribution in [0.5, 0.6) is 5.75 Å². The van der Waals surface area contributed by atoms with Crippen molar-refractivity contribution in [1.82, 2.24) is 15.1 Å². The minimum Gasteiger partial charge on any atom is -0.492 e. The summed E-state index contributed by atoms with van der Waals surface area (Å²) in [4.78, 5) is 2.50. The third-order valence-electron chi connectivity index (χ3n) is 4.45. The average molecular weight is 299 g/mol. The number of hydrogen-bond acceptors (Lipinski definition) is 3. The van der Waals surface area contributed by atoms with Crippen LogP contribution < -0.4 is 4.74 Å². The minimum absolute atomic E-state index is 0.583. The van der Waals surface area contributed by atoms with Gasteiger partial charge in [-0.05, 0) is 49.6 Å². The molecule has 1 fully saturated rings. The number of piperidine rings is 1. The van der Waals surface area contributed by atoms with Gasteiger partial charge in [0.2, 0.25) is 0 Å². The molecule has 1 aromatic heterocycles. The molecule has 1 N–H and O–H groups in total. The highest BCUT2D eigenvalue weighted by molar-refractivity contribution is 5.28. The average Bonchev–Trinajstić information content (AvgIpc) is 3.10. The van der Waals surface area contributed by atoms with Crippen molar-refractivity contribution < 1.29 is 4.74 Å². The van der Waals surface area contributed by atoms with Gasteiger partial charge in [0.25, 0.3) is 0 Å². The Kier molecular flexibility index (Phi) is 5.11. The monoisotopic (exact) mass is 299 g/mol. The van der Waals surface area contributed by atoms with Gasteiger partial charge >= 0.3 is 0 Å². The van der Waals surface area contributed by atoms with Gasteiger partial charge in [0.1, 0.15) is 12.4 Å². The molecule has 1 aliphatic heterocycles. The first-order chi connectivity index (χ1) is 10.8. The highest BCUT2D eigenvalue weighted by Crippen LogP contribution is 2.25. The van der Waals surface area contributed by atoms with Crippen LogP contribution >= 0.6 is 0 Å². The Balaban J connectivity index is 1.47. The Morgan fingerprint density at radius 1 is 1.36 bits per heavy atom. The van der Waals surface area contributed by atoms with Crippen LogP contribution in [0.25, 0.3) is 0 Å². The van der Waals surface area contributed by atoms with Crippen LogP contribution in [0, 0.1) is 0 Å². The predicted molar refractivity (Wildman–Crippen MR) is 88.3 cm³/mol. The third kappa shape index (κ3) is 3.89. The number of H-pyrrole nitrogens is 1. The highest BCUT2D eigenvalue weighted by Gasteiger charge is 2.21. The lowest BCUT2D eigenvalue weighted by Crippen LogP contribution is -2.37. The predicted octanol–water partition coefficient (Wildman–Crippen LogP) is 3.23. The lowest BCUT2D eigenvalue weighted by molar-refractivity contribution is 0.169. The summed E-state index contributed by atoms with van der Waals surface area (Å²) >= 11 is 0. The Hall–Kier alpha value is -1.81. The number of aromatic nitrogens is 2. The molecule has 0 spiro atoms. The van der Waals surface area contributed by atoms with Gasteiger partial charge < -0.3 is 4.74 Å². The molecule has 1 saturated heterocycles. The summed E-state index contributed by atoms with van der Waals surface area (Å²) < 4.78 is 5.92. The van der Waals surface area contributed by atoms with Crippen molar-refractivity contribution in [2.45, 2.75) is 32.1 Å². The van der Waals surface area contributed by atoms with Gasteiger partial charge in [-0.3, -0.25) is 10.00 Å². The van der Waals surface area contributed by atoms with Crippen molar-refractivity contribution in [3.05, 3.63) is 47.8 Å². The van der Waals surface area contributed by atoms with Crippen LogP contribution in [0.1, 0.15) is 36.9 Å². The number of aryl methyl sites for hydroxylation is 1. The van der Waals surface area contributed by atoms with Crippen molar-refractivity contribution in [3.63, 3.8) is 0 Å². The summed E-state index contributed by atoms with van der Waals surface area (Å²) in [6.45, 7) is 6.18. The molecule has 1 unspecified atom stereocenters. The fraction of sp³-hybridized carbons (Fsp3) is 0.500. The van der Waals surface area contributed by atoms with E-state index in [4.69, 9.17) is 4.74 Å². The van der Waals surface area contributed by atoms with Crippen molar-refractivity contribution in [2.24, 2.45) is 0 Å². The van der Waals surface area contributed by atoms with Crippen LogP contribution in [-0.4, -0.2) is 41.3 Å². The molecule has 2 heterocycles. The zero-order chi connectivity index (χ0) is 15.2. The van der Waals surface area contributed by atoms with E-state index in [0.717, 1.165) is 31.9 Å². The van der Waals surface area contributed by atoms with E-state index in [9.17, 15) is 0 Å². The Bertz CT molecular complexity index is 567. The molecule has 0 radical (unpaired) electrons. The minimum atomic E-state index is 0.583. The van der Waals surface area contributed by atoms with Gasteiger partial charge in [-0.25, -0.2) is 0 Å². The smallest absolute Gasteiger partial charge is 0.119 e. The number of likely N-dealkylation sites (tertiary alicyclic amines) is 1. The molecule has 118 valence electrons. The molecule has 1 aliphatic rings. The summed E-state index contributed by atoms with van der Waals surface area (Å²) in [6.07, 6.45) is 5.39. The van der Waals surface area contributed by atoms with E-state index in [1.165, 1.54) is 30.6 Å². The Morgan fingerprint density at radius 3 is 3.14 bits per heavy atom. The normalized spacial score (nSPS) is 19.2. The summed E-state index contributed by atoms with van der Waals surface area (Å²) in [6, 6.07) is 10.5. The van der Waals surface area contributed by atoms with Gasteiger partial charge in [0.15, 0.2) is 0 Å². The molecule has 0 saturated carbocycles. The standard InChI is InChI=1S/C18H25N3O/c1-2-15-5-3-7-17(13-15)22-12-11-21-10-4-6-16(14-21)18-8-9-19-20-18/h3,5,7-9,13,16H,2,4,6,10-12,14H2,1H3,(H,19,20). The van der Waals surface area contributed by atoms with E-state index >= 15 is 0 Å². The lowest BCUT2D eigenvalue weighted by atomic mass is 9.95. The van der Waals surface area contributed by atoms with Crippen LogP contribution in [0.15, 0.2) is 36.5 Å². The van der Waals surface area contributed by atoms with E-state index in [1.807, 2.05) is 12.3 Å². The summed E-state index contributed by atoms with van der Waals surface area (Å²) in [7, 11) is 0. The molecular formula is C18H25N3O. The first-order valence-corrected chi connectivity index (χ1v) is 8.28. The number of hydrogen-bond donors (Lipinski definition) is 1. The fourth-order valence-electron chi connectivity index (χ4n) is 3.15. The van der Waals surface area contributed by atoms with Crippen molar-refractivity contribution in [1.29, 1.82) is 0 Å². The molecule has 0 aliphatic carbocycles. The number of rotatable bonds is 6. The lowest BCUT2D eigenvalue weighted by Gasteiger charge is -2.32. The molecule has 22 heavy (non-hydrogen) atoms. The Morgan fingerprint density at radius 2 is 2.32 bits per heavy atom. The largest absolute Gasteiger partial charge is 0.492 e. The summed E-state index contributed by atoms with van der Waals surface area (Å²) in [5.41, 5.74) is 2.59. The van der Waals surface area contributed by atoms with Gasteiger partial charge in [0.05, 0.1) is 0 Å². The summed E-state index contributed by atoms with van der Waals surface area (Å²) in [5.74, 6) is 1.57. The van der Waals surface area contributed by atoms with E-state index in [-0.39, 0.29) is 0 Å². The zero-order valence-corrected chi connectivity index (χ0v) is 13.3. The number of ether oxygens (including phenoxy) is 1. The van der Waals surface area contributed by atoms with E-state index in [1.54, 1.807) is 0 Å². The maximum Gasteiger partial charge on any atom is 0.119 e. The van der Waals surface area contributed by atoms with Crippen molar-refractivity contribution in [2.75, 3.05) is 26.2 Å². The maximum absolute atomic E-state index is 5.92. The van der Waals surface area contributed by atoms with Crippen LogP contribution in [0.4, 0.5) is 0 Å². The van der Waals surface area contributed by atoms with Gasteiger partial charge in [-0.15, -0.1) is 0 Å². The number of nitrogens with zero attached hydrogens (tertiary/aromatic N) is 2. The van der Waals surface area contributed by atoms with E-state index < -0.39 is 0 Å². The van der Waals surface area contributed by atoms with Crippen LogP contribution in [-0.2, 0) is 6.42 Å². The first-order valence-electron chi connectivity index (χ1n) is 8.28. The van der Waals surface area contributed by atoms with Crippen LogP contribution in [0.2, 0.25) is 0 Å². The molecule has 4 nitrogen and oxygen atoms in total. The summed E-state index contributed by atoms with van der Waals surface area (Å²) in [5, 5.41) is 7.19. The molecule has 2 aromatic rings. The number of nitrogens with one attached hydrogen (secondary N) is 1. The fourth-order valence-corrected chi connectivity index (χ4v) is 3.15. The second kappa shape index (κ2) is 7.45. The molecular weight excluding hydrogens is 274 g/mol. The topological polar surface area (TPSA) is 41.1 Å². The quantitative estimate of drug-likeness (QED) is 0.890. The second-order valence-corrected chi connectivity index (χ2v) is 6.00. The zero-order valence-electron chi connectivity index (χ0n) is 13.3. The highest BCUT2D eigenvalue weighted by atomic mass is 16.5. The second-order valence-electron chi connectivity index (χ2n) is 6.00. The van der Waals surface area contributed by atoms with E-state index in [0.29, 0.717) is 5.92 Å². The van der Waals surface area contributed by atoms with Crippen molar-refractivity contribution in [3.8, 4) is 5.75 Å². The molecule has 4 heteroatoms. The number of benzene rings is 1. The first kappa shape index (κ1) is 15.1. The molecule has 3 rings (SSSR count). The van der Waals surface area contributed by atoms with Gasteiger partial charge in [0, 0.05) is 30.9 Å². The molecule has 1 aromatic carbocycles. The molecule has 1 atom stereocenters. The Labute approximate surface area is 132 Å². The van der Waals surface area contributed by atoms with Crippen LogP contribution in [0.3, 0.4) is 0 Å².